The van der Waals surface area contributed by atoms with E-state index in [1.165, 1.54) is 13.8 Å². The molecule has 0 amide bonds. The van der Waals surface area contributed by atoms with Crippen molar-refractivity contribution in [1.82, 2.24) is 0 Å². The number of rotatable bonds is 2. The molecule has 0 radical (unpaired) electrons. The third kappa shape index (κ3) is 1.63. The van der Waals surface area contributed by atoms with Crippen molar-refractivity contribution in [2.45, 2.75) is 58.2 Å². The minimum absolute atomic E-state index is 0.0283. The molecule has 2 N–H and O–H groups in total. The summed E-state index contributed by atoms with van der Waals surface area (Å²) < 4.78 is 12.5. The Morgan fingerprint density at radius 3 is 2.63 bits per heavy atom. The molecule has 30 heavy (non-hydrogen) atoms. The van der Waals surface area contributed by atoms with E-state index in [2.05, 4.69) is 6.58 Å². The van der Waals surface area contributed by atoms with Crippen LogP contribution in [-0.4, -0.2) is 46.1 Å². The number of aliphatic hydroxyl groups excluding tert-OH is 1. The Hall–Kier alpha value is -1.34. The van der Waals surface area contributed by atoms with Gasteiger partial charge in [-0.3, -0.25) is 9.59 Å². The second-order valence-corrected chi connectivity index (χ2v) is 11.5. The highest BCUT2D eigenvalue weighted by Crippen LogP contribution is 2.83. The van der Waals surface area contributed by atoms with E-state index in [-0.39, 0.29) is 41.8 Å². The molecule has 2 saturated heterocycles. The Morgan fingerprint density at radius 1 is 1.27 bits per heavy atom. The standard InChI is InChI=1S/C24H30O6/c1-11-12-6-7-13-22-10-29-24(30-21(4,5)28,23(13)16(12)15(11)18(23)26)19(27)17(22)20(2,3)9-8-14(22)25/h8-9,12-13,15-17,19,27-28H,1,6-7,10H2,2-5H3/t12-,13-,15?,16-,17+,19-,22+,23+,24-/m0/s1. The van der Waals surface area contributed by atoms with Crippen molar-refractivity contribution in [2.75, 3.05) is 6.61 Å². The Balaban J connectivity index is 1.64. The van der Waals surface area contributed by atoms with Crippen LogP contribution in [-0.2, 0) is 19.1 Å². The summed E-state index contributed by atoms with van der Waals surface area (Å²) in [6.07, 6.45) is 3.86. The van der Waals surface area contributed by atoms with E-state index in [0.29, 0.717) is 6.42 Å². The normalized spacial score (nSPS) is 54.7. The Kier molecular flexibility index (Phi) is 3.23. The molecule has 7 rings (SSSR count). The van der Waals surface area contributed by atoms with Gasteiger partial charge in [-0.15, -0.1) is 0 Å². The van der Waals surface area contributed by atoms with Crippen LogP contribution in [0.25, 0.3) is 0 Å². The van der Waals surface area contributed by atoms with Gasteiger partial charge >= 0.3 is 0 Å². The molecule has 2 aliphatic heterocycles. The lowest BCUT2D eigenvalue weighted by molar-refractivity contribution is -0.492. The van der Waals surface area contributed by atoms with Gasteiger partial charge < -0.3 is 19.7 Å². The van der Waals surface area contributed by atoms with Crippen molar-refractivity contribution in [2.24, 2.45) is 45.8 Å². The maximum Gasteiger partial charge on any atom is 0.211 e. The first kappa shape index (κ1) is 19.4. The van der Waals surface area contributed by atoms with Gasteiger partial charge in [-0.25, -0.2) is 0 Å². The maximum absolute atomic E-state index is 13.8. The lowest BCUT2D eigenvalue weighted by Gasteiger charge is -2.82. The van der Waals surface area contributed by atoms with Crippen LogP contribution in [0.3, 0.4) is 0 Å². The van der Waals surface area contributed by atoms with Crippen molar-refractivity contribution < 1.29 is 29.3 Å². The summed E-state index contributed by atoms with van der Waals surface area (Å²) in [6.45, 7) is 11.3. The molecule has 0 aromatic rings. The van der Waals surface area contributed by atoms with Crippen LogP contribution in [0.2, 0.25) is 0 Å². The highest BCUT2D eigenvalue weighted by Gasteiger charge is 2.92. The zero-order valence-corrected chi connectivity index (χ0v) is 18.0. The molecule has 0 aromatic heterocycles. The summed E-state index contributed by atoms with van der Waals surface area (Å²) in [6, 6.07) is 0. The van der Waals surface area contributed by atoms with Crippen molar-refractivity contribution in [1.29, 1.82) is 0 Å². The molecule has 2 bridgehead atoms. The Bertz CT molecular complexity index is 942. The number of aliphatic hydroxyl groups is 2. The predicted molar refractivity (Wildman–Crippen MR) is 106 cm³/mol. The van der Waals surface area contributed by atoms with Gasteiger partial charge in [-0.1, -0.05) is 32.1 Å². The number of ketones is 2. The molecule has 0 aromatic carbocycles. The largest absolute Gasteiger partial charge is 0.387 e. The first-order valence-corrected chi connectivity index (χ1v) is 11.1. The smallest absolute Gasteiger partial charge is 0.211 e. The van der Waals surface area contributed by atoms with E-state index in [9.17, 15) is 19.8 Å². The van der Waals surface area contributed by atoms with Gasteiger partial charge in [0.05, 0.1) is 17.4 Å². The fraction of sp³-hybridized carbons (Fsp3) is 0.750. The van der Waals surface area contributed by atoms with Gasteiger partial charge in [0, 0.05) is 11.8 Å². The molecule has 1 unspecified atom stereocenters. The van der Waals surface area contributed by atoms with Gasteiger partial charge in [0.15, 0.2) is 17.4 Å². The molecule has 4 saturated carbocycles. The summed E-state index contributed by atoms with van der Waals surface area (Å²) in [5.41, 5.74) is -1.59. The van der Waals surface area contributed by atoms with Gasteiger partial charge in [-0.05, 0) is 55.9 Å². The van der Waals surface area contributed by atoms with Crippen LogP contribution in [0.5, 0.6) is 0 Å². The predicted octanol–water partition coefficient (Wildman–Crippen LogP) is 2.00. The second kappa shape index (κ2) is 5.01. The summed E-state index contributed by atoms with van der Waals surface area (Å²) in [5.74, 6) is -4.21. The van der Waals surface area contributed by atoms with Crippen LogP contribution < -0.4 is 0 Å². The lowest BCUT2D eigenvalue weighted by atomic mass is 9.23. The molecule has 162 valence electrons. The first-order valence-electron chi connectivity index (χ1n) is 11.1. The van der Waals surface area contributed by atoms with Crippen LogP contribution >= 0.6 is 0 Å². The van der Waals surface area contributed by atoms with E-state index >= 15 is 0 Å². The highest BCUT2D eigenvalue weighted by molar-refractivity contribution is 6.04. The third-order valence-electron chi connectivity index (χ3n) is 9.51. The van der Waals surface area contributed by atoms with Gasteiger partial charge in [0.1, 0.15) is 6.10 Å². The van der Waals surface area contributed by atoms with Crippen LogP contribution in [0.15, 0.2) is 24.3 Å². The number of hydrogen-bond acceptors (Lipinski definition) is 6. The molecule has 9 atom stereocenters. The average Bonchev–Trinajstić information content (AvgIpc) is 2.63. The molecule has 2 spiro atoms. The topological polar surface area (TPSA) is 93.1 Å². The van der Waals surface area contributed by atoms with E-state index in [0.717, 1.165) is 12.0 Å². The SMILES string of the molecule is C=C1C2C(=O)[C@]34[C@H]2[C@H]1CC[C@H]3[C@@]12CO[C@]4(OC(C)(C)O)[C@@H](O)[C@@H]1C(C)(C)C=CC2=O. The molecule has 6 nitrogen and oxygen atoms in total. The maximum atomic E-state index is 13.8. The Morgan fingerprint density at radius 2 is 1.97 bits per heavy atom. The number of hydrogen-bond donors (Lipinski definition) is 2. The first-order chi connectivity index (χ1) is 13.9. The fourth-order valence-electron chi connectivity index (χ4n) is 8.84. The van der Waals surface area contributed by atoms with Crippen LogP contribution in [0.1, 0.15) is 40.5 Å². The number of ether oxygens (including phenoxy) is 2. The van der Waals surface area contributed by atoms with Crippen molar-refractivity contribution in [3.8, 4) is 0 Å². The van der Waals surface area contributed by atoms with Crippen molar-refractivity contribution in [3.05, 3.63) is 24.3 Å². The number of fused-ring (bicyclic) bond motifs is 1. The summed E-state index contributed by atoms with van der Waals surface area (Å²) in [5, 5.41) is 22.6. The van der Waals surface area contributed by atoms with Gasteiger partial charge in [0.2, 0.25) is 5.79 Å². The molecule has 6 fully saturated rings. The molecule has 6 heteroatoms. The quantitative estimate of drug-likeness (QED) is 0.530. The highest BCUT2D eigenvalue weighted by atomic mass is 16.8. The van der Waals surface area contributed by atoms with Crippen molar-refractivity contribution >= 4 is 11.6 Å². The number of allylic oxidation sites excluding steroid dienone is 3. The second-order valence-electron chi connectivity index (χ2n) is 11.5. The summed E-state index contributed by atoms with van der Waals surface area (Å²) in [7, 11) is 0. The van der Waals surface area contributed by atoms with Crippen molar-refractivity contribution in [3.63, 3.8) is 0 Å². The lowest BCUT2D eigenvalue weighted by Crippen LogP contribution is -2.92. The van der Waals surface area contributed by atoms with E-state index in [1.54, 1.807) is 6.08 Å². The molecular weight excluding hydrogens is 384 g/mol. The Labute approximate surface area is 176 Å². The number of Topliss-reactive ketones (excluding diaryl/α,β-unsaturated/α-hetero) is 1. The molecular formula is C24H30O6. The zero-order chi connectivity index (χ0) is 21.6. The van der Waals surface area contributed by atoms with Gasteiger partial charge in [-0.2, -0.15) is 0 Å². The summed E-state index contributed by atoms with van der Waals surface area (Å²) >= 11 is 0. The van der Waals surface area contributed by atoms with Crippen LogP contribution in [0, 0.1) is 45.8 Å². The van der Waals surface area contributed by atoms with Gasteiger partial charge in [0.25, 0.3) is 0 Å². The van der Waals surface area contributed by atoms with Crippen LogP contribution in [0.4, 0.5) is 0 Å². The summed E-state index contributed by atoms with van der Waals surface area (Å²) in [4.78, 5) is 27.3. The number of carbonyl (C=O) groups excluding carboxylic acids is 2. The monoisotopic (exact) mass is 414 g/mol. The fourth-order valence-corrected chi connectivity index (χ4v) is 8.84. The minimum atomic E-state index is -1.66. The minimum Gasteiger partial charge on any atom is -0.387 e. The molecule has 7 aliphatic rings. The van der Waals surface area contributed by atoms with E-state index in [1.807, 2.05) is 19.9 Å². The van der Waals surface area contributed by atoms with E-state index in [4.69, 9.17) is 9.47 Å². The average molecular weight is 414 g/mol. The number of carbonyl (C=O) groups is 2. The zero-order valence-electron chi connectivity index (χ0n) is 18.0. The van der Waals surface area contributed by atoms with E-state index < -0.39 is 39.8 Å². The molecule has 2 heterocycles. The third-order valence-corrected chi connectivity index (χ3v) is 9.51. The molecule has 5 aliphatic carbocycles.